The van der Waals surface area contributed by atoms with E-state index in [1.165, 1.54) is 12.3 Å². The fourth-order valence-electron chi connectivity index (χ4n) is 8.71. The molecule has 64 heavy (non-hydrogen) atoms. The van der Waals surface area contributed by atoms with Gasteiger partial charge in [-0.05, 0) is 68.1 Å². The molecule has 0 radical (unpaired) electrons. The van der Waals surface area contributed by atoms with Crippen molar-refractivity contribution in [2.24, 2.45) is 5.14 Å². The number of benzene rings is 3. The summed E-state index contributed by atoms with van der Waals surface area (Å²) in [5.74, 6) is 7.16. The van der Waals surface area contributed by atoms with Crippen LogP contribution in [0.5, 0.6) is 5.75 Å². The monoisotopic (exact) mass is 910 g/mol. The molecule has 3 aliphatic heterocycles. The SMILES string of the molecule is CCc1cc(Nc2ncc(Cl)c(Nc3ccccc3S(N)(=O)=O)n2)c(OC)cc1N1CCC(N2CCN(CCC#Cc3cccc(C=O)c3CN(C)C3CCC(=O)NC3=O)CC2)CC1. The second kappa shape index (κ2) is 20.9. The predicted molar refractivity (Wildman–Crippen MR) is 248 cm³/mol. The van der Waals surface area contributed by atoms with Gasteiger partial charge in [0, 0.05) is 94.1 Å². The number of sulfonamides is 1. The number of nitrogens with zero attached hydrogens (tertiary/aromatic N) is 6. The quantitative estimate of drug-likeness (QED) is 0.0714. The molecule has 1 atom stereocenters. The summed E-state index contributed by atoms with van der Waals surface area (Å²) in [5, 5.41) is 14.3. The van der Waals surface area contributed by atoms with Gasteiger partial charge in [-0.3, -0.25) is 34.4 Å². The van der Waals surface area contributed by atoms with Crippen LogP contribution in [0.1, 0.15) is 66.1 Å². The molecule has 3 aliphatic rings. The van der Waals surface area contributed by atoms with Gasteiger partial charge in [0.15, 0.2) is 5.82 Å². The van der Waals surface area contributed by atoms with Gasteiger partial charge in [0.2, 0.25) is 27.8 Å². The zero-order valence-electron chi connectivity index (χ0n) is 36.4. The first-order chi connectivity index (χ1) is 30.8. The molecule has 0 aliphatic carbocycles. The molecule has 3 saturated heterocycles. The van der Waals surface area contributed by atoms with E-state index in [2.05, 4.69) is 71.5 Å². The van der Waals surface area contributed by atoms with Crippen molar-refractivity contribution in [3.05, 3.63) is 88.1 Å². The number of ether oxygens (including phenoxy) is 1. The highest BCUT2D eigenvalue weighted by Crippen LogP contribution is 2.37. The summed E-state index contributed by atoms with van der Waals surface area (Å²) in [7, 11) is -0.533. The number of hydrogen-bond donors (Lipinski definition) is 4. The minimum atomic E-state index is -4.00. The number of carbonyl (C=O) groups is 3. The number of methoxy groups -OCH3 is 1. The van der Waals surface area contributed by atoms with Gasteiger partial charge >= 0.3 is 0 Å². The summed E-state index contributed by atoms with van der Waals surface area (Å²) in [4.78, 5) is 54.3. The lowest BCUT2D eigenvalue weighted by Crippen LogP contribution is -2.53. The van der Waals surface area contributed by atoms with E-state index in [9.17, 15) is 22.8 Å². The van der Waals surface area contributed by atoms with Crippen molar-refractivity contribution < 1.29 is 27.5 Å². The Bertz CT molecular complexity index is 2530. The van der Waals surface area contributed by atoms with Crippen molar-refractivity contribution in [3.63, 3.8) is 0 Å². The number of rotatable bonds is 15. The lowest BCUT2D eigenvalue weighted by atomic mass is 9.99. The lowest BCUT2D eigenvalue weighted by Gasteiger charge is -2.43. The molecule has 1 unspecified atom stereocenters. The second-order valence-corrected chi connectivity index (χ2v) is 18.2. The first kappa shape index (κ1) is 46.4. The number of anilines is 5. The number of aryl methyl sites for hydroxylation is 1. The van der Waals surface area contributed by atoms with Crippen LogP contribution in [0.4, 0.5) is 28.8 Å². The maximum Gasteiger partial charge on any atom is 0.243 e. The zero-order chi connectivity index (χ0) is 45.4. The maximum atomic E-state index is 12.5. The van der Waals surface area contributed by atoms with Gasteiger partial charge in [-0.2, -0.15) is 4.98 Å². The van der Waals surface area contributed by atoms with E-state index in [0.29, 0.717) is 48.8 Å². The highest BCUT2D eigenvalue weighted by atomic mass is 35.5. The Balaban J connectivity index is 0.911. The van der Waals surface area contributed by atoms with E-state index in [1.807, 2.05) is 24.1 Å². The summed E-state index contributed by atoms with van der Waals surface area (Å²) in [5.41, 5.74) is 5.34. The summed E-state index contributed by atoms with van der Waals surface area (Å²) in [6.07, 6.45) is 6.62. The van der Waals surface area contributed by atoms with Gasteiger partial charge in [-0.25, -0.2) is 18.5 Å². The summed E-state index contributed by atoms with van der Waals surface area (Å²) < 4.78 is 30.2. The largest absolute Gasteiger partial charge is 0.494 e. The van der Waals surface area contributed by atoms with Crippen molar-refractivity contribution in [1.82, 2.24) is 30.0 Å². The zero-order valence-corrected chi connectivity index (χ0v) is 38.0. The molecule has 7 rings (SSSR count). The first-order valence-electron chi connectivity index (χ1n) is 21.6. The number of aldehydes is 1. The Morgan fingerprint density at radius 1 is 1.02 bits per heavy atom. The summed E-state index contributed by atoms with van der Waals surface area (Å²) in [6.45, 7) is 9.19. The van der Waals surface area contributed by atoms with Crippen LogP contribution in [0.15, 0.2) is 65.7 Å². The molecule has 338 valence electrons. The Morgan fingerprint density at radius 3 is 2.48 bits per heavy atom. The molecule has 1 aromatic heterocycles. The molecule has 3 aromatic carbocycles. The number of imide groups is 1. The number of halogens is 1. The third kappa shape index (κ3) is 11.2. The normalized spacial score (nSPS) is 17.7. The molecule has 18 heteroatoms. The van der Waals surface area contributed by atoms with Crippen LogP contribution in [0.3, 0.4) is 0 Å². The average Bonchev–Trinajstić information content (AvgIpc) is 3.29. The molecule has 0 bridgehead atoms. The van der Waals surface area contributed by atoms with E-state index < -0.39 is 16.1 Å². The number of aromatic nitrogens is 2. The summed E-state index contributed by atoms with van der Waals surface area (Å²) >= 11 is 6.42. The topological polar surface area (TPSA) is 195 Å². The van der Waals surface area contributed by atoms with Gasteiger partial charge in [-0.15, -0.1) is 0 Å². The van der Waals surface area contributed by atoms with E-state index in [4.69, 9.17) is 21.5 Å². The van der Waals surface area contributed by atoms with E-state index in [-0.39, 0.29) is 39.2 Å². The third-order valence-corrected chi connectivity index (χ3v) is 13.5. The van der Waals surface area contributed by atoms with E-state index >= 15 is 0 Å². The van der Waals surface area contributed by atoms with Gasteiger partial charge in [-0.1, -0.05) is 54.6 Å². The highest BCUT2D eigenvalue weighted by Gasteiger charge is 2.31. The number of nitrogens with two attached hydrogens (primary N) is 1. The number of nitrogens with one attached hydrogen (secondary N) is 3. The van der Waals surface area contributed by atoms with Gasteiger partial charge in [0.25, 0.3) is 0 Å². The number of carbonyl (C=O) groups excluding carboxylic acids is 3. The molecule has 3 fully saturated rings. The van der Waals surface area contributed by atoms with Crippen LogP contribution in [-0.2, 0) is 32.6 Å². The molecule has 0 saturated carbocycles. The van der Waals surface area contributed by atoms with E-state index in [0.717, 1.165) is 93.7 Å². The standard InChI is InChI=1S/C46H55ClN10O6S/c1-4-31-26-38(51-46-49-28-36(47)44(53-46)50-37-13-5-6-14-42(37)64(48,61)62)41(63-3)27-40(31)57-20-17-34(18-21-57)56-24-22-55(23-25-56)19-8-7-10-32-11-9-12-33(30-58)35(32)29-54(2)39-15-16-43(59)52-45(39)60/h5-6,9,11-14,26-28,30,34,39H,4,8,15-25,29H2,1-3H3,(H2,48,61,62)(H,52,59,60)(H2,49,50,51,53). The van der Waals surface area contributed by atoms with Gasteiger partial charge < -0.3 is 20.3 Å². The summed E-state index contributed by atoms with van der Waals surface area (Å²) in [6, 6.07) is 16.0. The van der Waals surface area contributed by atoms with Crippen LogP contribution < -0.4 is 30.7 Å². The fraction of sp³-hybridized carbons (Fsp3) is 0.413. The highest BCUT2D eigenvalue weighted by molar-refractivity contribution is 7.89. The first-order valence-corrected chi connectivity index (χ1v) is 23.5. The number of para-hydroxylation sites is 1. The Morgan fingerprint density at radius 2 is 1.78 bits per heavy atom. The van der Waals surface area contributed by atoms with Crippen LogP contribution in [0.2, 0.25) is 5.02 Å². The van der Waals surface area contributed by atoms with Crippen molar-refractivity contribution in [2.75, 3.05) is 75.5 Å². The molecule has 16 nitrogen and oxygen atoms in total. The number of hydrogen-bond acceptors (Lipinski definition) is 14. The van der Waals surface area contributed by atoms with Gasteiger partial charge in [0.1, 0.15) is 22.0 Å². The van der Waals surface area contributed by atoms with E-state index in [1.54, 1.807) is 31.4 Å². The van der Waals surface area contributed by atoms with Crippen LogP contribution in [0.25, 0.3) is 0 Å². The maximum absolute atomic E-state index is 12.5. The third-order valence-electron chi connectivity index (χ3n) is 12.2. The molecule has 5 N–H and O–H groups in total. The number of primary sulfonamides is 1. The van der Waals surface area contributed by atoms with Crippen molar-refractivity contribution in [2.45, 2.75) is 69.0 Å². The minimum absolute atomic E-state index is 0.0856. The smallest absolute Gasteiger partial charge is 0.243 e. The second-order valence-electron chi connectivity index (χ2n) is 16.2. The Hall–Kier alpha value is -5.61. The van der Waals surface area contributed by atoms with Crippen molar-refractivity contribution >= 4 is 68.6 Å². The molecular weight excluding hydrogens is 856 g/mol. The van der Waals surface area contributed by atoms with Crippen molar-refractivity contribution in [3.8, 4) is 17.6 Å². The lowest BCUT2D eigenvalue weighted by molar-refractivity contribution is -0.137. The molecular formula is C46H55ClN10O6S. The Labute approximate surface area is 379 Å². The van der Waals surface area contributed by atoms with Crippen LogP contribution >= 0.6 is 11.6 Å². The Kier molecular flexibility index (Phi) is 15.2. The number of piperazine rings is 1. The number of likely N-dealkylation sites (N-methyl/N-ethyl adjacent to an activating group) is 1. The van der Waals surface area contributed by atoms with Crippen molar-refractivity contribution in [1.29, 1.82) is 0 Å². The molecule has 4 aromatic rings. The predicted octanol–water partition coefficient (Wildman–Crippen LogP) is 4.91. The fourth-order valence-corrected chi connectivity index (χ4v) is 9.54. The average molecular weight is 912 g/mol. The number of amides is 2. The molecule has 0 spiro atoms. The van der Waals surface area contributed by atoms with Gasteiger partial charge in [0.05, 0.1) is 30.7 Å². The van der Waals surface area contributed by atoms with Crippen LogP contribution in [-0.4, -0.2) is 123 Å². The molecule has 4 heterocycles. The van der Waals surface area contributed by atoms with Crippen LogP contribution in [0, 0.1) is 11.8 Å². The molecule has 2 amide bonds. The number of piperidine rings is 2. The minimum Gasteiger partial charge on any atom is -0.494 e.